The molecular formula is C13H19N3O2. The Morgan fingerprint density at radius 3 is 3.22 bits per heavy atom. The van der Waals surface area contributed by atoms with Gasteiger partial charge in [-0.3, -0.25) is 0 Å². The van der Waals surface area contributed by atoms with Gasteiger partial charge in [-0.05, 0) is 19.3 Å². The Kier molecular flexibility index (Phi) is 3.43. The standard InChI is InChI=1S/C13H19N3O2/c17-7-10-6-16(4-5-18-8-10)13-11-2-1-3-12(11)14-9-15-13/h9-10,17H,1-8H2/t10-/m1/s1. The monoisotopic (exact) mass is 249 g/mol. The van der Waals surface area contributed by atoms with Gasteiger partial charge in [-0.25, -0.2) is 9.97 Å². The molecule has 1 fully saturated rings. The maximum Gasteiger partial charge on any atom is 0.135 e. The molecule has 5 heteroatoms. The normalized spacial score (nSPS) is 23.8. The number of aliphatic hydroxyl groups is 1. The fourth-order valence-corrected chi connectivity index (χ4v) is 2.80. The molecule has 2 heterocycles. The third kappa shape index (κ3) is 2.20. The molecule has 98 valence electrons. The van der Waals surface area contributed by atoms with E-state index >= 15 is 0 Å². The van der Waals surface area contributed by atoms with Gasteiger partial charge in [0.15, 0.2) is 0 Å². The molecule has 1 saturated heterocycles. The average Bonchev–Trinajstić information content (AvgIpc) is 2.75. The summed E-state index contributed by atoms with van der Waals surface area (Å²) in [7, 11) is 0. The second-order valence-corrected chi connectivity index (χ2v) is 5.05. The van der Waals surface area contributed by atoms with E-state index in [-0.39, 0.29) is 12.5 Å². The van der Waals surface area contributed by atoms with Gasteiger partial charge in [0.25, 0.3) is 0 Å². The molecule has 0 aromatic carbocycles. The van der Waals surface area contributed by atoms with E-state index in [2.05, 4.69) is 14.9 Å². The second-order valence-electron chi connectivity index (χ2n) is 5.05. The molecule has 1 N–H and O–H groups in total. The van der Waals surface area contributed by atoms with E-state index in [0.717, 1.165) is 31.7 Å². The first-order chi connectivity index (χ1) is 8.88. The second kappa shape index (κ2) is 5.20. The fourth-order valence-electron chi connectivity index (χ4n) is 2.80. The Bertz CT molecular complexity index is 425. The zero-order valence-electron chi connectivity index (χ0n) is 10.5. The molecule has 1 aromatic rings. The average molecular weight is 249 g/mol. The molecule has 1 atom stereocenters. The largest absolute Gasteiger partial charge is 0.396 e. The van der Waals surface area contributed by atoms with Gasteiger partial charge in [0.05, 0.1) is 13.2 Å². The highest BCUT2D eigenvalue weighted by Gasteiger charge is 2.24. The minimum absolute atomic E-state index is 0.170. The predicted octanol–water partition coefficient (Wildman–Crippen LogP) is 0.410. The SMILES string of the molecule is OC[C@@H]1COCCN(c2ncnc3c2CCC3)C1. The lowest BCUT2D eigenvalue weighted by Gasteiger charge is -2.25. The molecule has 5 nitrogen and oxygen atoms in total. The smallest absolute Gasteiger partial charge is 0.135 e. The Morgan fingerprint density at radius 1 is 1.39 bits per heavy atom. The molecular weight excluding hydrogens is 230 g/mol. The minimum Gasteiger partial charge on any atom is -0.396 e. The van der Waals surface area contributed by atoms with Crippen molar-refractivity contribution in [1.29, 1.82) is 0 Å². The quantitative estimate of drug-likeness (QED) is 0.822. The molecule has 18 heavy (non-hydrogen) atoms. The number of aliphatic hydroxyl groups excluding tert-OH is 1. The molecule has 0 amide bonds. The Balaban J connectivity index is 1.87. The molecule has 1 aliphatic heterocycles. The molecule has 1 aromatic heterocycles. The molecule has 3 rings (SSSR count). The van der Waals surface area contributed by atoms with Crippen LogP contribution in [0.1, 0.15) is 17.7 Å². The van der Waals surface area contributed by atoms with Crippen molar-refractivity contribution in [3.63, 3.8) is 0 Å². The number of nitrogens with zero attached hydrogens (tertiary/aromatic N) is 3. The van der Waals surface area contributed by atoms with Crippen molar-refractivity contribution in [2.24, 2.45) is 5.92 Å². The van der Waals surface area contributed by atoms with Gasteiger partial charge >= 0.3 is 0 Å². The number of anilines is 1. The zero-order chi connectivity index (χ0) is 12.4. The summed E-state index contributed by atoms with van der Waals surface area (Å²) in [5, 5.41) is 9.33. The van der Waals surface area contributed by atoms with Crippen LogP contribution in [-0.4, -0.2) is 48.0 Å². The van der Waals surface area contributed by atoms with Crippen molar-refractivity contribution in [1.82, 2.24) is 9.97 Å². The predicted molar refractivity (Wildman–Crippen MR) is 67.7 cm³/mol. The van der Waals surface area contributed by atoms with Gasteiger partial charge in [0.2, 0.25) is 0 Å². The summed E-state index contributed by atoms with van der Waals surface area (Å²) in [6.45, 7) is 3.18. The Morgan fingerprint density at radius 2 is 2.33 bits per heavy atom. The van der Waals surface area contributed by atoms with E-state index in [0.29, 0.717) is 13.2 Å². The van der Waals surface area contributed by atoms with Gasteiger partial charge in [-0.2, -0.15) is 0 Å². The van der Waals surface area contributed by atoms with Gasteiger partial charge in [0.1, 0.15) is 12.1 Å². The van der Waals surface area contributed by atoms with Gasteiger partial charge < -0.3 is 14.7 Å². The van der Waals surface area contributed by atoms with Crippen LogP contribution in [0.4, 0.5) is 5.82 Å². The van der Waals surface area contributed by atoms with Crippen molar-refractivity contribution in [3.05, 3.63) is 17.6 Å². The third-order valence-corrected chi connectivity index (χ3v) is 3.75. The highest BCUT2D eigenvalue weighted by molar-refractivity contribution is 5.50. The van der Waals surface area contributed by atoms with Crippen molar-refractivity contribution >= 4 is 5.82 Å². The van der Waals surface area contributed by atoms with Crippen molar-refractivity contribution in [2.75, 3.05) is 37.8 Å². The van der Waals surface area contributed by atoms with E-state index in [1.165, 1.54) is 17.7 Å². The van der Waals surface area contributed by atoms with Crippen molar-refractivity contribution in [2.45, 2.75) is 19.3 Å². The van der Waals surface area contributed by atoms with Crippen LogP contribution in [0.15, 0.2) is 6.33 Å². The first kappa shape index (κ1) is 11.9. The lowest BCUT2D eigenvalue weighted by Crippen LogP contribution is -2.32. The summed E-state index contributed by atoms with van der Waals surface area (Å²) < 4.78 is 5.52. The van der Waals surface area contributed by atoms with Crippen LogP contribution in [0, 0.1) is 5.92 Å². The fraction of sp³-hybridized carbons (Fsp3) is 0.692. The molecule has 0 spiro atoms. The lowest BCUT2D eigenvalue weighted by molar-refractivity contribution is 0.0959. The van der Waals surface area contributed by atoms with E-state index in [1.54, 1.807) is 6.33 Å². The molecule has 0 bridgehead atoms. The summed E-state index contributed by atoms with van der Waals surface area (Å²) in [5.74, 6) is 1.24. The van der Waals surface area contributed by atoms with Crippen LogP contribution >= 0.6 is 0 Å². The molecule has 1 aliphatic carbocycles. The number of ether oxygens (including phenoxy) is 1. The van der Waals surface area contributed by atoms with Crippen molar-refractivity contribution in [3.8, 4) is 0 Å². The molecule has 0 unspecified atom stereocenters. The summed E-state index contributed by atoms with van der Waals surface area (Å²) >= 11 is 0. The Hall–Kier alpha value is -1.20. The van der Waals surface area contributed by atoms with Crippen LogP contribution in [0.25, 0.3) is 0 Å². The molecule has 2 aliphatic rings. The third-order valence-electron chi connectivity index (χ3n) is 3.75. The lowest BCUT2D eigenvalue weighted by atomic mass is 10.1. The molecule has 0 saturated carbocycles. The number of hydrogen-bond acceptors (Lipinski definition) is 5. The van der Waals surface area contributed by atoms with E-state index in [1.807, 2.05) is 0 Å². The summed E-state index contributed by atoms with van der Waals surface area (Å²) in [5.41, 5.74) is 2.50. The number of rotatable bonds is 2. The van der Waals surface area contributed by atoms with Gasteiger partial charge in [-0.1, -0.05) is 0 Å². The van der Waals surface area contributed by atoms with Crippen LogP contribution in [0.3, 0.4) is 0 Å². The topological polar surface area (TPSA) is 58.5 Å². The number of hydrogen-bond donors (Lipinski definition) is 1. The molecule has 0 radical (unpaired) electrons. The number of fused-ring (bicyclic) bond motifs is 1. The minimum atomic E-state index is 0.170. The van der Waals surface area contributed by atoms with E-state index in [9.17, 15) is 5.11 Å². The zero-order valence-corrected chi connectivity index (χ0v) is 10.5. The van der Waals surface area contributed by atoms with Crippen molar-refractivity contribution < 1.29 is 9.84 Å². The van der Waals surface area contributed by atoms with E-state index < -0.39 is 0 Å². The number of aromatic nitrogens is 2. The van der Waals surface area contributed by atoms with Gasteiger partial charge in [-0.15, -0.1) is 0 Å². The Labute approximate surface area is 107 Å². The van der Waals surface area contributed by atoms with Crippen LogP contribution in [0.2, 0.25) is 0 Å². The first-order valence-electron chi connectivity index (χ1n) is 6.65. The maximum absolute atomic E-state index is 9.33. The maximum atomic E-state index is 9.33. The van der Waals surface area contributed by atoms with E-state index in [4.69, 9.17) is 4.74 Å². The van der Waals surface area contributed by atoms with Crippen LogP contribution in [0.5, 0.6) is 0 Å². The van der Waals surface area contributed by atoms with Gasteiger partial charge in [0, 0.05) is 36.9 Å². The summed E-state index contributed by atoms with van der Waals surface area (Å²) in [6.07, 6.45) is 4.99. The van der Waals surface area contributed by atoms with Crippen LogP contribution in [-0.2, 0) is 17.6 Å². The summed E-state index contributed by atoms with van der Waals surface area (Å²) in [6, 6.07) is 0. The number of aryl methyl sites for hydroxylation is 1. The highest BCUT2D eigenvalue weighted by atomic mass is 16.5. The van der Waals surface area contributed by atoms with Crippen LogP contribution < -0.4 is 4.90 Å². The first-order valence-corrected chi connectivity index (χ1v) is 6.65. The summed E-state index contributed by atoms with van der Waals surface area (Å²) in [4.78, 5) is 11.1. The highest BCUT2D eigenvalue weighted by Crippen LogP contribution is 2.28.